The quantitative estimate of drug-likeness (QED) is 0.753. The van der Waals surface area contributed by atoms with Gasteiger partial charge in [0.1, 0.15) is 0 Å². The molecule has 1 atom stereocenters. The van der Waals surface area contributed by atoms with E-state index in [2.05, 4.69) is 28.1 Å². The van der Waals surface area contributed by atoms with Gasteiger partial charge in [0, 0.05) is 30.4 Å². The van der Waals surface area contributed by atoms with Gasteiger partial charge in [-0.25, -0.2) is 0 Å². The number of benzene rings is 1. The van der Waals surface area contributed by atoms with E-state index in [1.807, 2.05) is 19.2 Å². The Bertz CT molecular complexity index is 347. The Morgan fingerprint density at radius 3 is 2.50 bits per heavy atom. The average Bonchev–Trinajstić information content (AvgIpc) is 2.48. The number of amides is 1. The smallest absolute Gasteiger partial charge is 0.223 e. The average molecular weight is 254 g/mol. The van der Waals surface area contributed by atoms with Crippen LogP contribution in [0.25, 0.3) is 0 Å². The highest BCUT2D eigenvalue weighted by atomic mass is 79.9. The zero-order chi connectivity index (χ0) is 10.1. The Morgan fingerprint density at radius 2 is 2.00 bits per heavy atom. The van der Waals surface area contributed by atoms with E-state index in [4.69, 9.17) is 0 Å². The number of hydrogen-bond acceptors (Lipinski definition) is 1. The van der Waals surface area contributed by atoms with Crippen molar-refractivity contribution in [3.05, 3.63) is 34.3 Å². The van der Waals surface area contributed by atoms with Crippen molar-refractivity contribution in [1.82, 2.24) is 4.90 Å². The number of carbonyl (C=O) groups excluding carboxylic acids is 1. The summed E-state index contributed by atoms with van der Waals surface area (Å²) in [5.41, 5.74) is 1.26. The largest absolute Gasteiger partial charge is 0.345 e. The molecule has 1 aromatic carbocycles. The molecule has 0 spiro atoms. The van der Waals surface area contributed by atoms with Crippen LogP contribution in [0.2, 0.25) is 0 Å². The second-order valence-corrected chi connectivity index (χ2v) is 4.64. The third-order valence-electron chi connectivity index (χ3n) is 2.68. The molecule has 1 saturated heterocycles. The van der Waals surface area contributed by atoms with Gasteiger partial charge in [-0.05, 0) is 17.7 Å². The lowest BCUT2D eigenvalue weighted by Crippen LogP contribution is -2.18. The Balaban J connectivity index is 2.17. The van der Waals surface area contributed by atoms with Gasteiger partial charge in [-0.3, -0.25) is 4.79 Å². The SMILES string of the molecule is CN1CC(c2ccc(Br)cc2)CC1=O. The predicted molar refractivity (Wildman–Crippen MR) is 59.1 cm³/mol. The molecule has 74 valence electrons. The number of carbonyl (C=O) groups is 1. The molecule has 1 aliphatic rings. The van der Waals surface area contributed by atoms with E-state index >= 15 is 0 Å². The van der Waals surface area contributed by atoms with E-state index in [-0.39, 0.29) is 5.91 Å². The van der Waals surface area contributed by atoms with E-state index in [1.165, 1.54) is 5.56 Å². The zero-order valence-corrected chi connectivity index (χ0v) is 9.62. The molecule has 2 rings (SSSR count). The maximum absolute atomic E-state index is 11.3. The van der Waals surface area contributed by atoms with Crippen molar-refractivity contribution < 1.29 is 4.79 Å². The third kappa shape index (κ3) is 1.82. The van der Waals surface area contributed by atoms with Gasteiger partial charge in [0.25, 0.3) is 0 Å². The van der Waals surface area contributed by atoms with Gasteiger partial charge in [0.05, 0.1) is 0 Å². The van der Waals surface area contributed by atoms with Crippen molar-refractivity contribution in [3.8, 4) is 0 Å². The fourth-order valence-corrected chi connectivity index (χ4v) is 2.09. The van der Waals surface area contributed by atoms with E-state index in [0.717, 1.165) is 11.0 Å². The minimum atomic E-state index is 0.248. The highest BCUT2D eigenvalue weighted by Crippen LogP contribution is 2.27. The van der Waals surface area contributed by atoms with Gasteiger partial charge in [-0.2, -0.15) is 0 Å². The lowest BCUT2D eigenvalue weighted by Gasteiger charge is -2.10. The van der Waals surface area contributed by atoms with Crippen LogP contribution >= 0.6 is 15.9 Å². The molecule has 2 nitrogen and oxygen atoms in total. The molecular formula is C11H12BrNO. The molecular weight excluding hydrogens is 242 g/mol. The molecule has 0 aromatic heterocycles. The molecule has 0 aliphatic carbocycles. The van der Waals surface area contributed by atoms with E-state index in [0.29, 0.717) is 12.3 Å². The minimum absolute atomic E-state index is 0.248. The first-order valence-corrected chi connectivity index (χ1v) is 5.45. The van der Waals surface area contributed by atoms with Gasteiger partial charge in [-0.1, -0.05) is 28.1 Å². The van der Waals surface area contributed by atoms with Crippen LogP contribution in [0.1, 0.15) is 17.9 Å². The first-order valence-electron chi connectivity index (χ1n) is 4.66. The number of likely N-dealkylation sites (tertiary alicyclic amines) is 1. The second kappa shape index (κ2) is 3.73. The molecule has 0 N–H and O–H groups in total. The lowest BCUT2D eigenvalue weighted by atomic mass is 9.99. The van der Waals surface area contributed by atoms with Gasteiger partial charge in [-0.15, -0.1) is 0 Å². The van der Waals surface area contributed by atoms with Gasteiger partial charge >= 0.3 is 0 Å². The third-order valence-corrected chi connectivity index (χ3v) is 3.21. The van der Waals surface area contributed by atoms with Crippen molar-refractivity contribution >= 4 is 21.8 Å². The van der Waals surface area contributed by atoms with Gasteiger partial charge in [0.2, 0.25) is 5.91 Å². The summed E-state index contributed by atoms with van der Waals surface area (Å²) >= 11 is 3.40. The van der Waals surface area contributed by atoms with E-state index in [9.17, 15) is 4.79 Å². The molecule has 1 amide bonds. The normalized spacial score (nSPS) is 21.7. The van der Waals surface area contributed by atoms with Crippen LogP contribution in [0.4, 0.5) is 0 Å². The van der Waals surface area contributed by atoms with Crippen molar-refractivity contribution in [3.63, 3.8) is 0 Å². The minimum Gasteiger partial charge on any atom is -0.345 e. The molecule has 0 radical (unpaired) electrons. The van der Waals surface area contributed by atoms with E-state index < -0.39 is 0 Å². The summed E-state index contributed by atoms with van der Waals surface area (Å²) in [5, 5.41) is 0. The van der Waals surface area contributed by atoms with Gasteiger partial charge < -0.3 is 4.90 Å². The Kier molecular flexibility index (Phi) is 2.59. The summed E-state index contributed by atoms with van der Waals surface area (Å²) in [6.45, 7) is 0.848. The second-order valence-electron chi connectivity index (χ2n) is 3.73. The maximum atomic E-state index is 11.3. The van der Waals surface area contributed by atoms with Crippen LogP contribution in [-0.4, -0.2) is 24.4 Å². The first-order chi connectivity index (χ1) is 6.66. The number of halogens is 1. The van der Waals surface area contributed by atoms with Crippen LogP contribution in [-0.2, 0) is 4.79 Å². The highest BCUT2D eigenvalue weighted by Gasteiger charge is 2.27. The Hall–Kier alpha value is -0.830. The monoisotopic (exact) mass is 253 g/mol. The fourth-order valence-electron chi connectivity index (χ4n) is 1.82. The predicted octanol–water partition coefficient (Wildman–Crippen LogP) is 2.39. The summed E-state index contributed by atoms with van der Waals surface area (Å²) < 4.78 is 1.08. The van der Waals surface area contributed by atoms with Crippen LogP contribution in [0, 0.1) is 0 Å². The molecule has 0 saturated carbocycles. The summed E-state index contributed by atoms with van der Waals surface area (Å²) in [7, 11) is 1.86. The van der Waals surface area contributed by atoms with Crippen LogP contribution < -0.4 is 0 Å². The van der Waals surface area contributed by atoms with Crippen LogP contribution in [0.15, 0.2) is 28.7 Å². The zero-order valence-electron chi connectivity index (χ0n) is 8.03. The topological polar surface area (TPSA) is 20.3 Å². The number of likely N-dealkylation sites (N-methyl/N-ethyl adjacent to an activating group) is 1. The molecule has 1 fully saturated rings. The highest BCUT2D eigenvalue weighted by molar-refractivity contribution is 9.10. The molecule has 1 unspecified atom stereocenters. The van der Waals surface area contributed by atoms with Crippen LogP contribution in [0.5, 0.6) is 0 Å². The van der Waals surface area contributed by atoms with E-state index in [1.54, 1.807) is 4.90 Å². The Morgan fingerprint density at radius 1 is 1.36 bits per heavy atom. The first kappa shape index (κ1) is 9.71. The maximum Gasteiger partial charge on any atom is 0.223 e. The molecule has 1 heterocycles. The number of nitrogens with zero attached hydrogens (tertiary/aromatic N) is 1. The van der Waals surface area contributed by atoms with Crippen molar-refractivity contribution in [1.29, 1.82) is 0 Å². The molecule has 3 heteroatoms. The van der Waals surface area contributed by atoms with Crippen molar-refractivity contribution in [2.75, 3.05) is 13.6 Å². The standard InChI is InChI=1S/C11H12BrNO/c1-13-7-9(6-11(13)14)8-2-4-10(12)5-3-8/h2-5,9H,6-7H2,1H3. The van der Waals surface area contributed by atoms with Crippen LogP contribution in [0.3, 0.4) is 0 Å². The molecule has 14 heavy (non-hydrogen) atoms. The molecule has 1 aromatic rings. The molecule has 1 aliphatic heterocycles. The Labute approximate surface area is 92.0 Å². The van der Waals surface area contributed by atoms with Gasteiger partial charge in [0.15, 0.2) is 0 Å². The summed E-state index contributed by atoms with van der Waals surface area (Å²) in [6.07, 6.45) is 0.651. The van der Waals surface area contributed by atoms with Crippen molar-refractivity contribution in [2.24, 2.45) is 0 Å². The lowest BCUT2D eigenvalue weighted by molar-refractivity contribution is -0.126. The summed E-state index contributed by atoms with van der Waals surface area (Å²) in [5.74, 6) is 0.624. The fraction of sp³-hybridized carbons (Fsp3) is 0.364. The van der Waals surface area contributed by atoms with Crippen molar-refractivity contribution in [2.45, 2.75) is 12.3 Å². The summed E-state index contributed by atoms with van der Waals surface area (Å²) in [6, 6.07) is 8.22. The summed E-state index contributed by atoms with van der Waals surface area (Å²) in [4.78, 5) is 13.1. The molecule has 0 bridgehead atoms. The number of rotatable bonds is 1. The number of hydrogen-bond donors (Lipinski definition) is 0.